The number of nitrogens with one attached hydrogen (secondary N) is 1. The van der Waals surface area contributed by atoms with Gasteiger partial charge in [0.05, 0.1) is 0 Å². The van der Waals surface area contributed by atoms with Crippen molar-refractivity contribution < 1.29 is 4.79 Å². The van der Waals surface area contributed by atoms with Gasteiger partial charge in [0.2, 0.25) is 0 Å². The summed E-state index contributed by atoms with van der Waals surface area (Å²) in [6.45, 7) is 5.24. The van der Waals surface area contributed by atoms with Crippen LogP contribution in [0.4, 0.5) is 5.69 Å². The summed E-state index contributed by atoms with van der Waals surface area (Å²) in [4.78, 5) is 17.6. The molecular weight excluding hydrogens is 240 g/mol. The van der Waals surface area contributed by atoms with E-state index in [1.54, 1.807) is 12.3 Å². The molecule has 1 amide bonds. The highest BCUT2D eigenvalue weighted by atomic mass is 16.1. The average Bonchev–Trinajstić information content (AvgIpc) is 2.46. The average molecular weight is 262 g/mol. The second-order valence-corrected chi connectivity index (χ2v) is 4.96. The van der Waals surface area contributed by atoms with Crippen LogP contribution in [0.3, 0.4) is 0 Å². The zero-order valence-electron chi connectivity index (χ0n) is 11.4. The first-order valence-corrected chi connectivity index (χ1v) is 6.95. The summed E-state index contributed by atoms with van der Waals surface area (Å²) in [5, 5.41) is 3.43. The van der Waals surface area contributed by atoms with Crippen molar-refractivity contribution >= 4 is 11.6 Å². The molecule has 19 heavy (non-hydrogen) atoms. The van der Waals surface area contributed by atoms with Crippen molar-refractivity contribution in [2.75, 3.05) is 24.5 Å². The van der Waals surface area contributed by atoms with Gasteiger partial charge in [-0.1, -0.05) is 6.92 Å². The Bertz CT molecular complexity index is 429. The van der Waals surface area contributed by atoms with E-state index in [2.05, 4.69) is 22.1 Å². The van der Waals surface area contributed by atoms with Crippen LogP contribution in [-0.2, 0) is 0 Å². The third-order valence-corrected chi connectivity index (χ3v) is 3.50. The minimum atomic E-state index is -0.472. The Hall–Kier alpha value is -1.62. The molecule has 0 aliphatic carbocycles. The van der Waals surface area contributed by atoms with Crippen molar-refractivity contribution in [1.29, 1.82) is 0 Å². The lowest BCUT2D eigenvalue weighted by Gasteiger charge is -2.36. The Labute approximate surface area is 114 Å². The van der Waals surface area contributed by atoms with Crippen LogP contribution in [0.1, 0.15) is 36.7 Å². The molecule has 1 saturated heterocycles. The van der Waals surface area contributed by atoms with Gasteiger partial charge in [-0.15, -0.1) is 0 Å². The van der Waals surface area contributed by atoms with Crippen molar-refractivity contribution in [3.63, 3.8) is 0 Å². The fraction of sp³-hybridized carbons (Fsp3) is 0.571. The number of rotatable bonds is 5. The van der Waals surface area contributed by atoms with Crippen LogP contribution in [0.15, 0.2) is 18.3 Å². The van der Waals surface area contributed by atoms with Crippen molar-refractivity contribution in [3.05, 3.63) is 24.0 Å². The predicted molar refractivity (Wildman–Crippen MR) is 76.3 cm³/mol. The fourth-order valence-corrected chi connectivity index (χ4v) is 2.60. The third-order valence-electron chi connectivity index (χ3n) is 3.50. The molecular formula is C14H22N4O. The number of primary amides is 1. The molecule has 5 nitrogen and oxygen atoms in total. The van der Waals surface area contributed by atoms with E-state index in [9.17, 15) is 4.79 Å². The number of amides is 1. The maximum atomic E-state index is 11.2. The lowest BCUT2D eigenvalue weighted by molar-refractivity contribution is 0.0995. The molecule has 1 unspecified atom stereocenters. The summed E-state index contributed by atoms with van der Waals surface area (Å²) in [5.41, 5.74) is 6.68. The van der Waals surface area contributed by atoms with E-state index in [1.807, 2.05) is 6.07 Å². The molecule has 5 heteroatoms. The minimum absolute atomic E-state index is 0.336. The Morgan fingerprint density at radius 1 is 1.63 bits per heavy atom. The highest BCUT2D eigenvalue weighted by Crippen LogP contribution is 2.21. The van der Waals surface area contributed by atoms with E-state index in [-0.39, 0.29) is 0 Å². The van der Waals surface area contributed by atoms with Gasteiger partial charge in [0.1, 0.15) is 5.69 Å². The Morgan fingerprint density at radius 3 is 3.11 bits per heavy atom. The van der Waals surface area contributed by atoms with E-state index in [0.29, 0.717) is 11.7 Å². The van der Waals surface area contributed by atoms with Crippen molar-refractivity contribution in [2.45, 2.75) is 32.2 Å². The first kappa shape index (κ1) is 13.8. The monoisotopic (exact) mass is 262 g/mol. The van der Waals surface area contributed by atoms with Crippen LogP contribution in [-0.4, -0.2) is 36.6 Å². The number of nitrogens with zero attached hydrogens (tertiary/aromatic N) is 2. The molecule has 1 aliphatic rings. The van der Waals surface area contributed by atoms with Crippen LogP contribution in [0.25, 0.3) is 0 Å². The number of hydrogen-bond acceptors (Lipinski definition) is 4. The van der Waals surface area contributed by atoms with Crippen LogP contribution in [0.2, 0.25) is 0 Å². The number of nitrogens with two attached hydrogens (primary N) is 1. The maximum Gasteiger partial charge on any atom is 0.267 e. The van der Waals surface area contributed by atoms with Gasteiger partial charge in [-0.25, -0.2) is 0 Å². The van der Waals surface area contributed by atoms with Crippen molar-refractivity contribution in [1.82, 2.24) is 10.3 Å². The number of hydrogen-bond donors (Lipinski definition) is 2. The Balaban J connectivity index is 2.22. The predicted octanol–water partition coefficient (Wildman–Crippen LogP) is 1.15. The number of pyridine rings is 1. The largest absolute Gasteiger partial charge is 0.367 e. The van der Waals surface area contributed by atoms with E-state index in [1.165, 1.54) is 12.8 Å². The normalized spacial score (nSPS) is 19.1. The number of carbonyl (C=O) groups is 1. The number of piperidine rings is 1. The van der Waals surface area contributed by atoms with Gasteiger partial charge < -0.3 is 16.0 Å². The minimum Gasteiger partial charge on any atom is -0.367 e. The zero-order chi connectivity index (χ0) is 13.7. The number of aromatic nitrogens is 1. The highest BCUT2D eigenvalue weighted by Gasteiger charge is 2.21. The molecule has 104 valence electrons. The van der Waals surface area contributed by atoms with Gasteiger partial charge in [0.15, 0.2) is 0 Å². The molecule has 3 N–H and O–H groups in total. The van der Waals surface area contributed by atoms with E-state index in [0.717, 1.165) is 31.7 Å². The summed E-state index contributed by atoms with van der Waals surface area (Å²) in [6.07, 6.45) is 5.11. The van der Waals surface area contributed by atoms with Crippen molar-refractivity contribution in [3.8, 4) is 0 Å². The number of carbonyl (C=O) groups excluding carboxylic acids is 1. The van der Waals surface area contributed by atoms with Gasteiger partial charge >= 0.3 is 0 Å². The van der Waals surface area contributed by atoms with E-state index < -0.39 is 5.91 Å². The van der Waals surface area contributed by atoms with Crippen LogP contribution in [0.5, 0.6) is 0 Å². The molecule has 2 heterocycles. The van der Waals surface area contributed by atoms with Crippen LogP contribution < -0.4 is 16.0 Å². The van der Waals surface area contributed by atoms with Gasteiger partial charge in [0, 0.05) is 31.0 Å². The second-order valence-electron chi connectivity index (χ2n) is 4.96. The zero-order valence-corrected chi connectivity index (χ0v) is 11.4. The molecule has 2 rings (SSSR count). The maximum absolute atomic E-state index is 11.2. The molecule has 1 aromatic rings. The van der Waals surface area contributed by atoms with Gasteiger partial charge in [-0.3, -0.25) is 9.78 Å². The van der Waals surface area contributed by atoms with E-state index >= 15 is 0 Å². The molecule has 0 bridgehead atoms. The standard InChI is InChI=1S/C14H22N4O/c1-2-8-18(12-4-3-6-16-10-12)11-5-7-17-13(9-11)14(15)19/h5,7,9,12,16H,2-4,6,8,10H2,1H3,(H2,15,19). The van der Waals surface area contributed by atoms with Gasteiger partial charge in [-0.05, 0) is 37.9 Å². The first-order valence-electron chi connectivity index (χ1n) is 6.95. The summed E-state index contributed by atoms with van der Waals surface area (Å²) in [5.74, 6) is -0.472. The van der Waals surface area contributed by atoms with Gasteiger partial charge in [0.25, 0.3) is 5.91 Å². The number of anilines is 1. The third kappa shape index (κ3) is 3.44. The quantitative estimate of drug-likeness (QED) is 0.835. The second kappa shape index (κ2) is 6.52. The molecule has 0 saturated carbocycles. The Kier molecular flexibility index (Phi) is 4.74. The molecule has 1 fully saturated rings. The molecule has 1 aromatic heterocycles. The smallest absolute Gasteiger partial charge is 0.267 e. The molecule has 1 aliphatic heterocycles. The highest BCUT2D eigenvalue weighted by molar-refractivity contribution is 5.91. The molecule has 0 aromatic carbocycles. The fourth-order valence-electron chi connectivity index (χ4n) is 2.60. The SMILES string of the molecule is CCCN(c1ccnc(C(N)=O)c1)C1CCCNC1. The summed E-state index contributed by atoms with van der Waals surface area (Å²) in [7, 11) is 0. The lowest BCUT2D eigenvalue weighted by Crippen LogP contribution is -2.46. The van der Waals surface area contributed by atoms with Crippen molar-refractivity contribution in [2.24, 2.45) is 5.73 Å². The van der Waals surface area contributed by atoms with Gasteiger partial charge in [-0.2, -0.15) is 0 Å². The summed E-state index contributed by atoms with van der Waals surface area (Å²) in [6, 6.07) is 4.24. The summed E-state index contributed by atoms with van der Waals surface area (Å²) < 4.78 is 0. The lowest BCUT2D eigenvalue weighted by atomic mass is 10.0. The summed E-state index contributed by atoms with van der Waals surface area (Å²) >= 11 is 0. The van der Waals surface area contributed by atoms with Crippen LogP contribution >= 0.6 is 0 Å². The topological polar surface area (TPSA) is 71.2 Å². The first-order chi connectivity index (χ1) is 9.22. The van der Waals surface area contributed by atoms with Crippen LogP contribution in [0, 0.1) is 0 Å². The molecule has 1 atom stereocenters. The Morgan fingerprint density at radius 2 is 2.47 bits per heavy atom. The molecule has 0 spiro atoms. The molecule has 0 radical (unpaired) electrons. The van der Waals surface area contributed by atoms with E-state index in [4.69, 9.17) is 5.73 Å².